The Balaban J connectivity index is 1.76. The third-order valence-electron chi connectivity index (χ3n) is 4.55. The van der Waals surface area contributed by atoms with Gasteiger partial charge in [-0.05, 0) is 62.8 Å². The average Bonchev–Trinajstić information content (AvgIpc) is 2.77. The highest BCUT2D eigenvalue weighted by Gasteiger charge is 2.07. The van der Waals surface area contributed by atoms with E-state index in [9.17, 15) is 4.79 Å². The number of ether oxygens (including phenoxy) is 1. The molecule has 0 aliphatic carbocycles. The molecule has 3 nitrogen and oxygen atoms in total. The second-order valence-electron chi connectivity index (χ2n) is 6.62. The molecule has 154 valence electrons. The highest BCUT2D eigenvalue weighted by molar-refractivity contribution is 9.10. The zero-order valence-corrected chi connectivity index (χ0v) is 19.1. The molecule has 0 radical (unpaired) electrons. The van der Waals surface area contributed by atoms with Gasteiger partial charge in [-0.2, -0.15) is 0 Å². The molecule has 0 saturated carbocycles. The summed E-state index contributed by atoms with van der Waals surface area (Å²) in [7, 11) is 0. The number of aryl methyl sites for hydroxylation is 1. The first-order valence-corrected chi connectivity index (χ1v) is 11.5. The molecule has 1 N–H and O–H groups in total. The predicted octanol–water partition coefficient (Wildman–Crippen LogP) is 6.70. The fourth-order valence-corrected chi connectivity index (χ4v) is 4.44. The minimum Gasteiger partial charge on any atom is -0.481 e. The van der Waals surface area contributed by atoms with E-state index < -0.39 is 5.97 Å². The van der Waals surface area contributed by atoms with E-state index in [1.54, 1.807) is 17.8 Å². The third-order valence-corrected chi connectivity index (χ3v) is 6.09. The summed E-state index contributed by atoms with van der Waals surface area (Å²) in [5, 5.41) is 8.75. The van der Waals surface area contributed by atoms with Crippen molar-refractivity contribution >= 4 is 39.2 Å². The molecule has 0 aliphatic heterocycles. The maximum Gasteiger partial charge on any atom is 0.341 e. The molecule has 0 atom stereocenters. The Morgan fingerprint density at radius 2 is 1.73 bits per heavy atom. The van der Waals surface area contributed by atoms with E-state index in [0.717, 1.165) is 21.5 Å². The summed E-state index contributed by atoms with van der Waals surface area (Å²) in [4.78, 5) is 11.8. The van der Waals surface area contributed by atoms with Crippen LogP contribution in [0.4, 0.5) is 0 Å². The van der Waals surface area contributed by atoms with Crippen LogP contribution in [-0.2, 0) is 11.2 Å². The van der Waals surface area contributed by atoms with Gasteiger partial charge >= 0.3 is 5.97 Å². The van der Waals surface area contributed by atoms with E-state index in [4.69, 9.17) is 9.84 Å². The molecular formula is C25H23BrO3S. The van der Waals surface area contributed by atoms with Crippen molar-refractivity contribution in [2.24, 2.45) is 0 Å². The van der Waals surface area contributed by atoms with Gasteiger partial charge in [-0.3, -0.25) is 0 Å². The van der Waals surface area contributed by atoms with Gasteiger partial charge in [0.2, 0.25) is 0 Å². The average molecular weight is 483 g/mol. The van der Waals surface area contributed by atoms with Crippen molar-refractivity contribution < 1.29 is 14.6 Å². The van der Waals surface area contributed by atoms with Crippen molar-refractivity contribution in [3.63, 3.8) is 0 Å². The summed E-state index contributed by atoms with van der Waals surface area (Å²) in [6.45, 7) is 1.81. The standard InChI is InChI=1S/C25H23BrO3S/c1-2-18-8-10-20(11-9-18)22(19-6-4-3-5-7-19)14-15-30-21-12-13-24(23(26)16-21)29-17-25(27)28/h3-14,16H,2,15,17H2,1H3,(H,27,28)/b22-14-. The molecule has 3 rings (SSSR count). The summed E-state index contributed by atoms with van der Waals surface area (Å²) in [5.74, 6) is 0.339. The van der Waals surface area contributed by atoms with Crippen molar-refractivity contribution in [3.05, 3.63) is 100 Å². The first-order chi connectivity index (χ1) is 14.6. The maximum absolute atomic E-state index is 10.7. The van der Waals surface area contributed by atoms with E-state index in [1.807, 2.05) is 18.2 Å². The van der Waals surface area contributed by atoms with Crippen LogP contribution in [0.5, 0.6) is 5.75 Å². The summed E-state index contributed by atoms with van der Waals surface area (Å²) in [5.41, 5.74) is 4.94. The van der Waals surface area contributed by atoms with Gasteiger partial charge < -0.3 is 9.84 Å². The summed E-state index contributed by atoms with van der Waals surface area (Å²) in [6.07, 6.45) is 3.28. The lowest BCUT2D eigenvalue weighted by Crippen LogP contribution is -2.09. The van der Waals surface area contributed by atoms with Crippen molar-refractivity contribution in [1.29, 1.82) is 0 Å². The first-order valence-electron chi connectivity index (χ1n) is 9.68. The highest BCUT2D eigenvalue weighted by atomic mass is 79.9. The van der Waals surface area contributed by atoms with Crippen LogP contribution in [0.25, 0.3) is 5.57 Å². The topological polar surface area (TPSA) is 46.5 Å². The molecule has 3 aromatic rings. The third kappa shape index (κ3) is 6.25. The van der Waals surface area contributed by atoms with E-state index in [-0.39, 0.29) is 6.61 Å². The zero-order chi connectivity index (χ0) is 21.3. The van der Waals surface area contributed by atoms with Gasteiger partial charge in [-0.25, -0.2) is 4.79 Å². The predicted molar refractivity (Wildman–Crippen MR) is 127 cm³/mol. The lowest BCUT2D eigenvalue weighted by molar-refractivity contribution is -0.139. The Hall–Kier alpha value is -2.50. The normalized spacial score (nSPS) is 11.3. The minimum absolute atomic E-state index is 0.356. The van der Waals surface area contributed by atoms with Crippen molar-refractivity contribution in [3.8, 4) is 5.75 Å². The molecule has 30 heavy (non-hydrogen) atoms. The van der Waals surface area contributed by atoms with Crippen molar-refractivity contribution in [1.82, 2.24) is 0 Å². The number of carboxylic acid groups (broad SMARTS) is 1. The van der Waals surface area contributed by atoms with Gasteiger partial charge in [-0.1, -0.05) is 67.6 Å². The van der Waals surface area contributed by atoms with E-state index in [0.29, 0.717) is 5.75 Å². The molecule has 0 amide bonds. The number of hydrogen-bond acceptors (Lipinski definition) is 3. The largest absolute Gasteiger partial charge is 0.481 e. The fraction of sp³-hybridized carbons (Fsp3) is 0.160. The number of carboxylic acids is 1. The lowest BCUT2D eigenvalue weighted by atomic mass is 9.96. The number of hydrogen-bond donors (Lipinski definition) is 1. The van der Waals surface area contributed by atoms with Crippen LogP contribution < -0.4 is 4.74 Å². The number of benzene rings is 3. The molecule has 5 heteroatoms. The van der Waals surface area contributed by atoms with Crippen LogP contribution in [0, 0.1) is 0 Å². The summed E-state index contributed by atoms with van der Waals surface area (Å²) >= 11 is 5.17. The number of halogens is 1. The fourth-order valence-electron chi connectivity index (χ4n) is 2.99. The zero-order valence-electron chi connectivity index (χ0n) is 16.7. The Kier molecular flexibility index (Phi) is 8.17. The van der Waals surface area contributed by atoms with Gasteiger partial charge in [0.05, 0.1) is 4.47 Å². The lowest BCUT2D eigenvalue weighted by Gasteiger charge is -2.10. The SMILES string of the molecule is CCc1ccc(/C(=C\CSc2ccc(OCC(=O)O)c(Br)c2)c2ccccc2)cc1. The monoisotopic (exact) mass is 482 g/mol. The van der Waals surface area contributed by atoms with E-state index in [1.165, 1.54) is 22.3 Å². The summed E-state index contributed by atoms with van der Waals surface area (Å²) in [6, 6.07) is 24.9. The highest BCUT2D eigenvalue weighted by Crippen LogP contribution is 2.31. The van der Waals surface area contributed by atoms with Gasteiger partial charge in [0.1, 0.15) is 5.75 Å². The quantitative estimate of drug-likeness (QED) is 0.344. The number of thioether (sulfide) groups is 1. The van der Waals surface area contributed by atoms with Crippen LogP contribution >= 0.6 is 27.7 Å². The molecule has 0 aromatic heterocycles. The molecule has 0 spiro atoms. The molecule has 0 unspecified atom stereocenters. The second-order valence-corrected chi connectivity index (χ2v) is 8.57. The number of aliphatic carboxylic acids is 1. The Labute approximate surface area is 189 Å². The Morgan fingerprint density at radius 3 is 2.37 bits per heavy atom. The molecule has 0 saturated heterocycles. The second kappa shape index (κ2) is 11.0. The minimum atomic E-state index is -0.995. The van der Waals surface area contributed by atoms with Crippen LogP contribution in [0.1, 0.15) is 23.6 Å². The van der Waals surface area contributed by atoms with Crippen LogP contribution in [0.3, 0.4) is 0 Å². The number of rotatable bonds is 9. The molecule has 0 bridgehead atoms. The van der Waals surface area contributed by atoms with Crippen LogP contribution in [0.15, 0.2) is 88.2 Å². The van der Waals surface area contributed by atoms with Crippen molar-refractivity contribution in [2.45, 2.75) is 18.2 Å². The first kappa shape index (κ1) is 22.2. The van der Waals surface area contributed by atoms with Crippen LogP contribution in [0.2, 0.25) is 0 Å². The van der Waals surface area contributed by atoms with Crippen molar-refractivity contribution in [2.75, 3.05) is 12.4 Å². The smallest absolute Gasteiger partial charge is 0.341 e. The van der Waals surface area contributed by atoms with E-state index in [2.05, 4.69) is 77.5 Å². The van der Waals surface area contributed by atoms with E-state index >= 15 is 0 Å². The van der Waals surface area contributed by atoms with Gasteiger partial charge in [0.25, 0.3) is 0 Å². The van der Waals surface area contributed by atoms with Gasteiger partial charge in [-0.15, -0.1) is 11.8 Å². The molecule has 0 aliphatic rings. The Bertz CT molecular complexity index is 1010. The molecule has 0 heterocycles. The number of carbonyl (C=O) groups is 1. The van der Waals surface area contributed by atoms with Gasteiger partial charge in [0.15, 0.2) is 6.61 Å². The maximum atomic E-state index is 10.7. The molecule has 0 fully saturated rings. The van der Waals surface area contributed by atoms with Gasteiger partial charge in [0, 0.05) is 10.6 Å². The Morgan fingerprint density at radius 1 is 1.03 bits per heavy atom. The molecular weight excluding hydrogens is 460 g/mol. The molecule has 3 aromatic carbocycles. The summed E-state index contributed by atoms with van der Waals surface area (Å²) < 4.78 is 6.01. The van der Waals surface area contributed by atoms with Crippen LogP contribution in [-0.4, -0.2) is 23.4 Å².